The van der Waals surface area contributed by atoms with Gasteiger partial charge in [-0.3, -0.25) is 0 Å². The van der Waals surface area contributed by atoms with Crippen molar-refractivity contribution in [3.05, 3.63) is 0 Å². The third-order valence-corrected chi connectivity index (χ3v) is 6.97. The second-order valence-electron chi connectivity index (χ2n) is 10.7. The Morgan fingerprint density at radius 2 is 1.69 bits per heavy atom. The van der Waals surface area contributed by atoms with Crippen molar-refractivity contribution >= 4 is 13.2 Å². The molecule has 1 aliphatic heterocycles. The Morgan fingerprint density at radius 3 is 2.15 bits per heavy atom. The summed E-state index contributed by atoms with van der Waals surface area (Å²) in [6.45, 7) is 16.3. The molecule has 4 rings (SSSR count). The average Bonchev–Trinajstić information content (AvgIpc) is 2.60. The van der Waals surface area contributed by atoms with Crippen molar-refractivity contribution in [2.75, 3.05) is 0 Å². The Labute approximate surface area is 159 Å². The van der Waals surface area contributed by atoms with Crippen LogP contribution in [0.25, 0.3) is 0 Å². The van der Waals surface area contributed by atoms with Gasteiger partial charge in [-0.25, -0.2) is 4.79 Å². The minimum atomic E-state index is -0.476. The largest absolute Gasteiger partial charge is 0.465 e. The molecule has 1 N–H and O–H groups in total. The van der Waals surface area contributed by atoms with Gasteiger partial charge in [-0.1, -0.05) is 19.8 Å². The maximum Gasteiger partial charge on any atom is 0.465 e. The van der Waals surface area contributed by atoms with E-state index in [0.29, 0.717) is 5.92 Å². The number of amides is 1. The molecule has 0 radical (unpaired) electrons. The summed E-state index contributed by atoms with van der Waals surface area (Å²) in [5.74, 6) is 0.400. The number of rotatable bonds is 5. The van der Waals surface area contributed by atoms with Crippen molar-refractivity contribution < 1.29 is 18.8 Å². The SMILES string of the molecule is CCCC[C@H]1C2(NC(=O)OC(C)(C)C)CC1(B1OC(C)(C)C(C)(C)O1)C2. The highest BCUT2D eigenvalue weighted by atomic mass is 16.7. The van der Waals surface area contributed by atoms with E-state index in [2.05, 4.69) is 39.9 Å². The fourth-order valence-corrected chi connectivity index (χ4v) is 4.97. The van der Waals surface area contributed by atoms with Gasteiger partial charge in [0.2, 0.25) is 0 Å². The third kappa shape index (κ3) is 2.97. The van der Waals surface area contributed by atoms with Crippen LogP contribution >= 0.6 is 0 Å². The van der Waals surface area contributed by atoms with Gasteiger partial charge >= 0.3 is 13.2 Å². The van der Waals surface area contributed by atoms with Gasteiger partial charge in [0.25, 0.3) is 0 Å². The molecule has 1 heterocycles. The van der Waals surface area contributed by atoms with Crippen LogP contribution in [0.1, 0.15) is 87.5 Å². The molecule has 0 aromatic rings. The Bertz CT molecular complexity index is 559. The molecule has 1 atom stereocenters. The lowest BCUT2D eigenvalue weighted by molar-refractivity contribution is -0.140. The topological polar surface area (TPSA) is 56.8 Å². The van der Waals surface area contributed by atoms with Crippen molar-refractivity contribution in [2.45, 2.75) is 115 Å². The number of carbonyl (C=O) groups excluding carboxylic acids is 1. The molecule has 4 fully saturated rings. The van der Waals surface area contributed by atoms with Crippen molar-refractivity contribution in [1.82, 2.24) is 5.32 Å². The summed E-state index contributed by atoms with van der Waals surface area (Å²) in [5, 5.41) is 3.23. The molecule has 0 spiro atoms. The van der Waals surface area contributed by atoms with Crippen LogP contribution in [-0.4, -0.2) is 35.6 Å². The van der Waals surface area contributed by atoms with Crippen molar-refractivity contribution in [3.63, 3.8) is 0 Å². The van der Waals surface area contributed by atoms with Gasteiger partial charge < -0.3 is 19.4 Å². The Hall–Kier alpha value is -0.745. The lowest BCUT2D eigenvalue weighted by Gasteiger charge is -2.76. The van der Waals surface area contributed by atoms with Crippen LogP contribution in [0.15, 0.2) is 0 Å². The van der Waals surface area contributed by atoms with Crippen LogP contribution < -0.4 is 5.32 Å². The summed E-state index contributed by atoms with van der Waals surface area (Å²) in [4.78, 5) is 12.3. The quantitative estimate of drug-likeness (QED) is 0.718. The number of hydrogen-bond acceptors (Lipinski definition) is 4. The molecule has 5 nitrogen and oxygen atoms in total. The van der Waals surface area contributed by atoms with E-state index in [1.807, 2.05) is 20.8 Å². The molecule has 26 heavy (non-hydrogen) atoms. The first-order chi connectivity index (χ1) is 11.8. The molecule has 4 aliphatic rings. The maximum atomic E-state index is 12.3. The summed E-state index contributed by atoms with van der Waals surface area (Å²) >= 11 is 0. The first kappa shape index (κ1) is 20.0. The van der Waals surface area contributed by atoms with Crippen molar-refractivity contribution in [1.29, 1.82) is 0 Å². The second-order valence-corrected chi connectivity index (χ2v) is 10.7. The van der Waals surface area contributed by atoms with Gasteiger partial charge in [0.15, 0.2) is 0 Å². The molecule has 2 bridgehead atoms. The smallest absolute Gasteiger partial charge is 0.444 e. The zero-order valence-corrected chi connectivity index (χ0v) is 17.8. The van der Waals surface area contributed by atoms with Gasteiger partial charge in [-0.05, 0) is 73.6 Å². The number of hydrogen-bond donors (Lipinski definition) is 1. The zero-order valence-electron chi connectivity index (χ0n) is 17.8. The Morgan fingerprint density at radius 1 is 1.15 bits per heavy atom. The van der Waals surface area contributed by atoms with E-state index in [9.17, 15) is 4.79 Å². The first-order valence-corrected chi connectivity index (χ1v) is 10.1. The van der Waals surface area contributed by atoms with Crippen LogP contribution in [0.4, 0.5) is 4.79 Å². The molecule has 6 heteroatoms. The predicted molar refractivity (Wildman–Crippen MR) is 103 cm³/mol. The molecule has 1 saturated heterocycles. The minimum Gasteiger partial charge on any atom is -0.444 e. The van der Waals surface area contributed by atoms with Gasteiger partial charge in [-0.15, -0.1) is 0 Å². The van der Waals surface area contributed by atoms with Crippen LogP contribution in [0, 0.1) is 5.92 Å². The normalized spacial score (nSPS) is 36.9. The number of ether oxygens (including phenoxy) is 1. The van der Waals surface area contributed by atoms with Crippen LogP contribution in [0.5, 0.6) is 0 Å². The van der Waals surface area contributed by atoms with Crippen LogP contribution in [0.3, 0.4) is 0 Å². The van der Waals surface area contributed by atoms with Crippen LogP contribution in [-0.2, 0) is 14.0 Å². The highest BCUT2D eigenvalue weighted by Gasteiger charge is 2.82. The van der Waals surface area contributed by atoms with E-state index in [1.165, 1.54) is 0 Å². The first-order valence-electron chi connectivity index (χ1n) is 10.1. The molecule has 1 amide bonds. The summed E-state index contributed by atoms with van der Waals surface area (Å²) in [6.07, 6.45) is 4.94. The van der Waals surface area contributed by atoms with Crippen LogP contribution in [0.2, 0.25) is 5.31 Å². The molecule has 3 saturated carbocycles. The fraction of sp³-hybridized carbons (Fsp3) is 0.950. The van der Waals surface area contributed by atoms with Gasteiger partial charge in [-0.2, -0.15) is 0 Å². The zero-order chi connectivity index (χ0) is 19.6. The molecule has 148 valence electrons. The van der Waals surface area contributed by atoms with Crippen molar-refractivity contribution in [2.24, 2.45) is 5.92 Å². The van der Waals surface area contributed by atoms with Gasteiger partial charge in [0.05, 0.1) is 11.2 Å². The fourth-order valence-electron chi connectivity index (χ4n) is 4.97. The van der Waals surface area contributed by atoms with E-state index in [0.717, 1.165) is 32.1 Å². The van der Waals surface area contributed by atoms with Gasteiger partial charge in [0.1, 0.15) is 5.60 Å². The summed E-state index contributed by atoms with van der Waals surface area (Å²) < 4.78 is 18.3. The van der Waals surface area contributed by atoms with E-state index in [-0.39, 0.29) is 35.3 Å². The third-order valence-electron chi connectivity index (χ3n) is 6.97. The lowest BCUT2D eigenvalue weighted by Crippen LogP contribution is -2.82. The minimum absolute atomic E-state index is 0.0369. The van der Waals surface area contributed by atoms with E-state index in [1.54, 1.807) is 0 Å². The van der Waals surface area contributed by atoms with E-state index < -0.39 is 5.60 Å². The predicted octanol–water partition coefficient (Wildman–Crippen LogP) is 4.70. The van der Waals surface area contributed by atoms with Gasteiger partial charge in [0, 0.05) is 10.9 Å². The number of unbranched alkanes of at least 4 members (excludes halogenated alkanes) is 1. The molecule has 3 aliphatic carbocycles. The second kappa shape index (κ2) is 5.87. The summed E-state index contributed by atoms with van der Waals surface area (Å²) in [6, 6.07) is 0. The molecular formula is C20H36BNO4. The lowest BCUT2D eigenvalue weighted by atomic mass is 9.21. The Kier molecular flexibility index (Phi) is 4.52. The van der Waals surface area contributed by atoms with E-state index >= 15 is 0 Å². The van der Waals surface area contributed by atoms with E-state index in [4.69, 9.17) is 14.0 Å². The van der Waals surface area contributed by atoms with Crippen molar-refractivity contribution in [3.8, 4) is 0 Å². The summed E-state index contributed by atoms with van der Waals surface area (Å²) in [5.41, 5.74) is -1.24. The molecule has 0 unspecified atom stereocenters. The summed E-state index contributed by atoms with van der Waals surface area (Å²) in [7, 11) is -0.184. The molecule has 0 aromatic heterocycles. The maximum absolute atomic E-state index is 12.3. The molecular weight excluding hydrogens is 329 g/mol. The number of nitrogens with one attached hydrogen (secondary N) is 1. The average molecular weight is 365 g/mol. The number of carbonyl (C=O) groups is 1. The highest BCUT2D eigenvalue weighted by molar-refractivity contribution is 6.51. The number of alkyl carbamates (subject to hydrolysis) is 1. The molecule has 0 aromatic carbocycles. The monoisotopic (exact) mass is 365 g/mol. The standard InChI is InChI=1S/C20H36BNO4/c1-9-10-11-14-19(21-25-17(5,6)18(7,8)26-21)12-20(14,13-19)22-15(23)24-16(2,3)4/h14H,9-13H2,1-8H3,(H,22,23)/t14-,19?,20?/m1/s1. The Balaban J connectivity index is 1.71. The highest BCUT2D eigenvalue weighted by Crippen LogP contribution is 2.80.